The molecule has 2 heterocycles. The average Bonchev–Trinajstić information content (AvgIpc) is 3.09. The Labute approximate surface area is 127 Å². The maximum Gasteiger partial charge on any atom is 0.267 e. The predicted octanol–water partition coefficient (Wildman–Crippen LogP) is 3.71. The molecule has 0 fully saturated rings. The zero-order valence-electron chi connectivity index (χ0n) is 11.8. The molecule has 0 aliphatic heterocycles. The highest BCUT2D eigenvalue weighted by Crippen LogP contribution is 2.29. The first-order valence-corrected chi connectivity index (χ1v) is 7.47. The Morgan fingerprint density at radius 2 is 1.95 bits per heavy atom. The number of nitrogens with one attached hydrogen (secondary N) is 1. The van der Waals surface area contributed by atoms with E-state index in [-0.39, 0.29) is 5.91 Å². The van der Waals surface area contributed by atoms with Crippen molar-refractivity contribution < 1.29 is 4.79 Å². The first kappa shape index (κ1) is 13.6. The van der Waals surface area contributed by atoms with E-state index in [0.29, 0.717) is 10.7 Å². The number of carbonyl (C=O) groups excluding carboxylic acids is 1. The first-order chi connectivity index (χ1) is 10.1. The largest absolute Gasteiger partial charge is 0.304 e. The highest BCUT2D eigenvalue weighted by molar-refractivity contribution is 7.12. The van der Waals surface area contributed by atoms with Crippen molar-refractivity contribution in [2.24, 2.45) is 7.05 Å². The van der Waals surface area contributed by atoms with Crippen LogP contribution in [0.4, 0.5) is 5.82 Å². The third-order valence-corrected chi connectivity index (χ3v) is 4.10. The lowest BCUT2D eigenvalue weighted by Crippen LogP contribution is -2.11. The third kappa shape index (κ3) is 2.87. The number of thiophene rings is 1. The molecule has 21 heavy (non-hydrogen) atoms. The van der Waals surface area contributed by atoms with Crippen molar-refractivity contribution in [3.63, 3.8) is 0 Å². The Morgan fingerprint density at radius 3 is 2.62 bits per heavy atom. The zero-order chi connectivity index (χ0) is 14.8. The summed E-state index contributed by atoms with van der Waals surface area (Å²) >= 11 is 1.44. The second kappa shape index (κ2) is 5.54. The summed E-state index contributed by atoms with van der Waals surface area (Å²) < 4.78 is 1.66. The van der Waals surface area contributed by atoms with Crippen LogP contribution in [-0.2, 0) is 7.05 Å². The SMILES string of the molecule is Cc1ccc(-c2ccsc2C(=O)Nc2ccn(C)n2)cc1. The maximum atomic E-state index is 12.4. The summed E-state index contributed by atoms with van der Waals surface area (Å²) in [5.41, 5.74) is 3.20. The van der Waals surface area contributed by atoms with Crippen molar-refractivity contribution in [2.45, 2.75) is 6.92 Å². The fourth-order valence-corrected chi connectivity index (χ4v) is 2.91. The summed E-state index contributed by atoms with van der Waals surface area (Å²) in [6, 6.07) is 11.9. The molecule has 4 nitrogen and oxygen atoms in total. The summed E-state index contributed by atoms with van der Waals surface area (Å²) in [7, 11) is 1.82. The molecule has 0 spiro atoms. The molecule has 0 aliphatic carbocycles. The average molecular weight is 297 g/mol. The molecule has 0 unspecified atom stereocenters. The number of carbonyl (C=O) groups is 1. The van der Waals surface area contributed by atoms with Gasteiger partial charge in [0.15, 0.2) is 5.82 Å². The highest BCUT2D eigenvalue weighted by atomic mass is 32.1. The molecule has 0 bridgehead atoms. The van der Waals surface area contributed by atoms with Crippen molar-refractivity contribution in [1.29, 1.82) is 0 Å². The molecule has 3 rings (SSSR count). The van der Waals surface area contributed by atoms with Gasteiger partial charge in [0.1, 0.15) is 4.88 Å². The van der Waals surface area contributed by atoms with Crippen molar-refractivity contribution in [3.8, 4) is 11.1 Å². The van der Waals surface area contributed by atoms with Crippen molar-refractivity contribution in [1.82, 2.24) is 9.78 Å². The van der Waals surface area contributed by atoms with Gasteiger partial charge in [-0.1, -0.05) is 29.8 Å². The molecule has 0 aliphatic rings. The van der Waals surface area contributed by atoms with Crippen molar-refractivity contribution >= 4 is 23.1 Å². The minimum atomic E-state index is -0.126. The van der Waals surface area contributed by atoms with Crippen LogP contribution < -0.4 is 5.32 Å². The Morgan fingerprint density at radius 1 is 1.19 bits per heavy atom. The molecular formula is C16H15N3OS. The quantitative estimate of drug-likeness (QED) is 0.801. The summed E-state index contributed by atoms with van der Waals surface area (Å²) in [5, 5.41) is 8.92. The second-order valence-corrected chi connectivity index (χ2v) is 5.77. The topological polar surface area (TPSA) is 46.9 Å². The molecule has 5 heteroatoms. The summed E-state index contributed by atoms with van der Waals surface area (Å²) in [5.74, 6) is 0.435. The first-order valence-electron chi connectivity index (χ1n) is 6.59. The number of aryl methyl sites for hydroxylation is 2. The lowest BCUT2D eigenvalue weighted by Gasteiger charge is -2.05. The van der Waals surface area contributed by atoms with E-state index < -0.39 is 0 Å². The zero-order valence-corrected chi connectivity index (χ0v) is 12.6. The smallest absolute Gasteiger partial charge is 0.267 e. The summed E-state index contributed by atoms with van der Waals surface area (Å²) in [4.78, 5) is 13.1. The minimum absolute atomic E-state index is 0.126. The van der Waals surface area contributed by atoms with Crippen molar-refractivity contribution in [2.75, 3.05) is 5.32 Å². The monoisotopic (exact) mass is 297 g/mol. The minimum Gasteiger partial charge on any atom is -0.304 e. The number of anilines is 1. The van der Waals surface area contributed by atoms with E-state index in [4.69, 9.17) is 0 Å². The normalized spacial score (nSPS) is 10.6. The number of aromatic nitrogens is 2. The van der Waals surface area contributed by atoms with Crippen LogP contribution in [0, 0.1) is 6.92 Å². The number of benzene rings is 1. The van der Waals surface area contributed by atoms with Gasteiger partial charge in [-0.2, -0.15) is 5.10 Å². The number of amides is 1. The molecule has 3 aromatic rings. The van der Waals surface area contributed by atoms with Crippen LogP contribution in [0.15, 0.2) is 48.0 Å². The van der Waals surface area contributed by atoms with Gasteiger partial charge < -0.3 is 5.32 Å². The van der Waals surface area contributed by atoms with Gasteiger partial charge in [-0.05, 0) is 23.9 Å². The van der Waals surface area contributed by atoms with E-state index >= 15 is 0 Å². The van der Waals surface area contributed by atoms with Gasteiger partial charge in [0, 0.05) is 24.9 Å². The highest BCUT2D eigenvalue weighted by Gasteiger charge is 2.15. The number of hydrogen-bond donors (Lipinski definition) is 1. The summed E-state index contributed by atoms with van der Waals surface area (Å²) in [6.07, 6.45) is 1.80. The lowest BCUT2D eigenvalue weighted by molar-refractivity contribution is 0.103. The fourth-order valence-electron chi connectivity index (χ4n) is 2.10. The van der Waals surface area contributed by atoms with Gasteiger partial charge in [0.2, 0.25) is 0 Å². The predicted molar refractivity (Wildman–Crippen MR) is 85.7 cm³/mol. The Balaban J connectivity index is 1.88. The second-order valence-electron chi connectivity index (χ2n) is 4.86. The Hall–Kier alpha value is -2.40. The Kier molecular flexibility index (Phi) is 3.58. The van der Waals surface area contributed by atoms with Crippen LogP contribution in [0.5, 0.6) is 0 Å². The van der Waals surface area contributed by atoms with Gasteiger partial charge in [-0.15, -0.1) is 11.3 Å². The molecule has 2 aromatic heterocycles. The van der Waals surface area contributed by atoms with E-state index in [9.17, 15) is 4.79 Å². The molecule has 0 radical (unpaired) electrons. The third-order valence-electron chi connectivity index (χ3n) is 3.19. The van der Waals surface area contributed by atoms with Gasteiger partial charge >= 0.3 is 0 Å². The van der Waals surface area contributed by atoms with E-state index in [2.05, 4.69) is 10.4 Å². The van der Waals surface area contributed by atoms with E-state index in [1.54, 1.807) is 16.9 Å². The molecular weight excluding hydrogens is 282 g/mol. The van der Waals surface area contributed by atoms with Crippen LogP contribution in [0.2, 0.25) is 0 Å². The molecule has 106 valence electrons. The molecule has 0 atom stereocenters. The molecule has 1 amide bonds. The van der Waals surface area contributed by atoms with Crippen LogP contribution in [0.1, 0.15) is 15.2 Å². The van der Waals surface area contributed by atoms with Crippen molar-refractivity contribution in [3.05, 3.63) is 58.4 Å². The Bertz CT molecular complexity index is 771. The molecule has 0 saturated heterocycles. The van der Waals surface area contributed by atoms with E-state index in [1.165, 1.54) is 16.9 Å². The van der Waals surface area contributed by atoms with Crippen LogP contribution in [0.25, 0.3) is 11.1 Å². The molecule has 0 saturated carbocycles. The van der Waals surface area contributed by atoms with Gasteiger partial charge in [-0.25, -0.2) is 0 Å². The molecule has 1 aromatic carbocycles. The van der Waals surface area contributed by atoms with Gasteiger partial charge in [-0.3, -0.25) is 9.48 Å². The van der Waals surface area contributed by atoms with Crippen LogP contribution >= 0.6 is 11.3 Å². The van der Waals surface area contributed by atoms with Gasteiger partial charge in [0.25, 0.3) is 5.91 Å². The number of nitrogens with zero attached hydrogens (tertiary/aromatic N) is 2. The van der Waals surface area contributed by atoms with Crippen LogP contribution in [-0.4, -0.2) is 15.7 Å². The lowest BCUT2D eigenvalue weighted by atomic mass is 10.0. The fraction of sp³-hybridized carbons (Fsp3) is 0.125. The maximum absolute atomic E-state index is 12.4. The standard InChI is InChI=1S/C16H15N3OS/c1-11-3-5-12(6-4-11)13-8-10-21-15(13)16(20)17-14-7-9-19(2)18-14/h3-10H,1-2H3,(H,17,18,20). The van der Waals surface area contributed by atoms with Gasteiger partial charge in [0.05, 0.1) is 0 Å². The van der Waals surface area contributed by atoms with Crippen LogP contribution in [0.3, 0.4) is 0 Å². The number of hydrogen-bond acceptors (Lipinski definition) is 3. The van der Waals surface area contributed by atoms with E-state index in [0.717, 1.165) is 11.1 Å². The van der Waals surface area contributed by atoms with E-state index in [1.807, 2.05) is 49.7 Å². The molecule has 1 N–H and O–H groups in total. The number of rotatable bonds is 3. The summed E-state index contributed by atoms with van der Waals surface area (Å²) in [6.45, 7) is 2.05.